The largest absolute Gasteiger partial charge is 0.492 e. The van der Waals surface area contributed by atoms with E-state index in [1.165, 1.54) is 0 Å². The molecular formula is C21H24N6O2. The van der Waals surface area contributed by atoms with Crippen LogP contribution in [0.5, 0.6) is 5.75 Å². The number of nitriles is 2. The van der Waals surface area contributed by atoms with E-state index in [4.69, 9.17) is 10.5 Å². The minimum absolute atomic E-state index is 0.0463. The molecule has 1 aliphatic heterocycles. The van der Waals surface area contributed by atoms with Gasteiger partial charge in [0.25, 0.3) is 5.56 Å². The van der Waals surface area contributed by atoms with Crippen LogP contribution in [0, 0.1) is 22.7 Å². The van der Waals surface area contributed by atoms with Gasteiger partial charge in [0.2, 0.25) is 0 Å². The molecule has 3 N–H and O–H groups in total. The Balaban J connectivity index is 1.68. The van der Waals surface area contributed by atoms with Gasteiger partial charge in [-0.1, -0.05) is 19.1 Å². The van der Waals surface area contributed by atoms with Crippen molar-refractivity contribution in [2.75, 3.05) is 51.6 Å². The molecule has 0 atom stereocenters. The zero-order valence-corrected chi connectivity index (χ0v) is 16.4. The molecule has 3 rings (SSSR count). The summed E-state index contributed by atoms with van der Waals surface area (Å²) in [4.78, 5) is 19.2. The molecule has 29 heavy (non-hydrogen) atoms. The Hall–Kier alpha value is -3.33. The van der Waals surface area contributed by atoms with Crippen LogP contribution in [0.2, 0.25) is 0 Å². The Morgan fingerprint density at radius 2 is 1.69 bits per heavy atom. The number of nitrogens with one attached hydrogen (secondary N) is 1. The maximum atomic E-state index is 12.0. The maximum absolute atomic E-state index is 12.0. The molecule has 0 unspecified atom stereocenters. The van der Waals surface area contributed by atoms with E-state index in [2.05, 4.69) is 21.7 Å². The summed E-state index contributed by atoms with van der Waals surface area (Å²) in [6, 6.07) is 10.8. The highest BCUT2D eigenvalue weighted by atomic mass is 16.5. The molecule has 0 spiro atoms. The van der Waals surface area contributed by atoms with Gasteiger partial charge in [-0.2, -0.15) is 10.5 Å². The lowest BCUT2D eigenvalue weighted by molar-refractivity contribution is 0.121. The number of aromatic nitrogens is 1. The molecule has 0 aliphatic carbocycles. The van der Waals surface area contributed by atoms with Crippen molar-refractivity contribution in [1.82, 2.24) is 14.8 Å². The topological polar surface area (TPSA) is 122 Å². The molecule has 2 heterocycles. The lowest BCUT2D eigenvalue weighted by Gasteiger charge is -2.33. The Morgan fingerprint density at radius 3 is 2.28 bits per heavy atom. The fourth-order valence-corrected chi connectivity index (χ4v) is 3.47. The van der Waals surface area contributed by atoms with Gasteiger partial charge in [0.1, 0.15) is 41.4 Å². The Kier molecular flexibility index (Phi) is 6.50. The van der Waals surface area contributed by atoms with Gasteiger partial charge < -0.3 is 20.4 Å². The van der Waals surface area contributed by atoms with E-state index in [1.807, 2.05) is 12.1 Å². The fourth-order valence-electron chi connectivity index (χ4n) is 3.47. The third kappa shape index (κ3) is 4.57. The summed E-state index contributed by atoms with van der Waals surface area (Å²) in [5.41, 5.74) is 5.92. The van der Waals surface area contributed by atoms with E-state index in [0.717, 1.165) is 39.3 Å². The summed E-state index contributed by atoms with van der Waals surface area (Å²) >= 11 is 0. The molecule has 0 saturated carbocycles. The van der Waals surface area contributed by atoms with Crippen molar-refractivity contribution < 1.29 is 4.74 Å². The first-order chi connectivity index (χ1) is 14.1. The molecule has 1 saturated heterocycles. The number of ether oxygens (including phenoxy) is 1. The number of benzene rings is 1. The van der Waals surface area contributed by atoms with Crippen LogP contribution >= 0.6 is 0 Å². The molecule has 0 amide bonds. The summed E-state index contributed by atoms with van der Waals surface area (Å²) < 4.78 is 5.84. The van der Waals surface area contributed by atoms with Crippen LogP contribution in [0.25, 0.3) is 11.1 Å². The first-order valence-electron chi connectivity index (χ1n) is 9.61. The lowest BCUT2D eigenvalue weighted by atomic mass is 9.97. The van der Waals surface area contributed by atoms with E-state index in [1.54, 1.807) is 24.3 Å². The molecule has 0 radical (unpaired) electrons. The number of anilines is 1. The summed E-state index contributed by atoms with van der Waals surface area (Å²) in [7, 11) is 0. The number of likely N-dealkylation sites (N-methyl/N-ethyl adjacent to an activating group) is 1. The van der Waals surface area contributed by atoms with Crippen molar-refractivity contribution >= 4 is 5.82 Å². The second-order valence-corrected chi connectivity index (χ2v) is 6.87. The molecule has 1 aliphatic rings. The number of hydrogen-bond donors (Lipinski definition) is 2. The Bertz CT molecular complexity index is 992. The predicted molar refractivity (Wildman–Crippen MR) is 110 cm³/mol. The second-order valence-electron chi connectivity index (χ2n) is 6.87. The average molecular weight is 392 g/mol. The summed E-state index contributed by atoms with van der Waals surface area (Å²) in [5, 5.41) is 18.8. The molecule has 1 aromatic carbocycles. The van der Waals surface area contributed by atoms with E-state index in [-0.39, 0.29) is 22.5 Å². The van der Waals surface area contributed by atoms with Crippen LogP contribution in [-0.2, 0) is 0 Å². The summed E-state index contributed by atoms with van der Waals surface area (Å²) in [6.45, 7) is 9.00. The molecule has 2 aromatic rings. The smallest absolute Gasteiger partial charge is 0.268 e. The number of pyridine rings is 1. The summed E-state index contributed by atoms with van der Waals surface area (Å²) in [5.74, 6) is 0.644. The third-order valence-corrected chi connectivity index (χ3v) is 5.20. The molecular weight excluding hydrogens is 368 g/mol. The van der Waals surface area contributed by atoms with Crippen molar-refractivity contribution in [1.29, 1.82) is 10.5 Å². The highest BCUT2D eigenvalue weighted by molar-refractivity contribution is 5.80. The molecule has 1 aromatic heterocycles. The van der Waals surface area contributed by atoms with Gasteiger partial charge in [0, 0.05) is 38.3 Å². The normalized spacial score (nSPS) is 14.9. The van der Waals surface area contributed by atoms with Crippen LogP contribution < -0.4 is 16.0 Å². The van der Waals surface area contributed by atoms with Crippen molar-refractivity contribution in [3.8, 4) is 29.0 Å². The van der Waals surface area contributed by atoms with Gasteiger partial charge in [0.05, 0.1) is 0 Å². The fraction of sp³-hybridized carbons (Fsp3) is 0.381. The summed E-state index contributed by atoms with van der Waals surface area (Å²) in [6.07, 6.45) is 0. The zero-order valence-electron chi connectivity index (χ0n) is 16.4. The molecule has 8 heteroatoms. The van der Waals surface area contributed by atoms with Crippen molar-refractivity contribution in [3.05, 3.63) is 45.7 Å². The molecule has 1 fully saturated rings. The first-order valence-corrected chi connectivity index (χ1v) is 9.61. The van der Waals surface area contributed by atoms with Crippen LogP contribution in [0.1, 0.15) is 18.1 Å². The van der Waals surface area contributed by atoms with Gasteiger partial charge in [-0.3, -0.25) is 9.69 Å². The highest BCUT2D eigenvalue weighted by Gasteiger charge is 2.18. The zero-order chi connectivity index (χ0) is 20.8. The first kappa shape index (κ1) is 20.4. The monoisotopic (exact) mass is 392 g/mol. The van der Waals surface area contributed by atoms with Gasteiger partial charge in [0.15, 0.2) is 0 Å². The molecule has 8 nitrogen and oxygen atoms in total. The Morgan fingerprint density at radius 1 is 1.07 bits per heavy atom. The van der Waals surface area contributed by atoms with E-state index >= 15 is 0 Å². The quantitative estimate of drug-likeness (QED) is 0.761. The minimum atomic E-state index is -0.609. The number of nitrogens with zero attached hydrogens (tertiary/aromatic N) is 4. The number of nitrogens with two attached hydrogens (primary N) is 1. The predicted octanol–water partition coefficient (Wildman–Crippen LogP) is 1.38. The van der Waals surface area contributed by atoms with Crippen LogP contribution in [-0.4, -0.2) is 60.7 Å². The van der Waals surface area contributed by atoms with Crippen LogP contribution in [0.15, 0.2) is 29.1 Å². The van der Waals surface area contributed by atoms with Crippen molar-refractivity contribution in [2.45, 2.75) is 6.92 Å². The standard InChI is InChI=1S/C21H24N6O2/c1-2-26-7-9-27(10-8-26)11-12-29-16-5-3-15(4-6-16)19-17(13-22)20(24)25-21(28)18(19)14-23/h3-6H,2,7-12H2,1H3,(H3,24,25,28). The molecule has 150 valence electrons. The molecule has 0 bridgehead atoms. The lowest BCUT2D eigenvalue weighted by Crippen LogP contribution is -2.47. The second kappa shape index (κ2) is 9.24. The number of rotatable bonds is 6. The van der Waals surface area contributed by atoms with Gasteiger partial charge in [-0.25, -0.2) is 0 Å². The van der Waals surface area contributed by atoms with E-state index in [9.17, 15) is 15.3 Å². The number of H-pyrrole nitrogens is 1. The van der Waals surface area contributed by atoms with E-state index < -0.39 is 5.56 Å². The minimum Gasteiger partial charge on any atom is -0.492 e. The number of piperazine rings is 1. The van der Waals surface area contributed by atoms with Gasteiger partial charge >= 0.3 is 0 Å². The maximum Gasteiger partial charge on any atom is 0.268 e. The van der Waals surface area contributed by atoms with Crippen molar-refractivity contribution in [3.63, 3.8) is 0 Å². The number of nitrogen functional groups attached to an aromatic ring is 1. The third-order valence-electron chi connectivity index (χ3n) is 5.20. The highest BCUT2D eigenvalue weighted by Crippen LogP contribution is 2.29. The van der Waals surface area contributed by atoms with Crippen LogP contribution in [0.4, 0.5) is 5.82 Å². The van der Waals surface area contributed by atoms with Gasteiger partial charge in [-0.15, -0.1) is 0 Å². The number of aromatic amines is 1. The van der Waals surface area contributed by atoms with Crippen LogP contribution in [0.3, 0.4) is 0 Å². The van der Waals surface area contributed by atoms with Crippen molar-refractivity contribution in [2.24, 2.45) is 0 Å². The number of hydrogen-bond acceptors (Lipinski definition) is 7. The SMILES string of the molecule is CCN1CCN(CCOc2ccc(-c3c(C#N)c(N)[nH]c(=O)c3C#N)cc2)CC1. The van der Waals surface area contributed by atoms with E-state index in [0.29, 0.717) is 17.9 Å². The van der Waals surface area contributed by atoms with Gasteiger partial charge in [-0.05, 0) is 24.2 Å². The average Bonchev–Trinajstić information content (AvgIpc) is 2.74. The Labute approximate surface area is 169 Å².